The first kappa shape index (κ1) is 18.6. The lowest BCUT2D eigenvalue weighted by Crippen LogP contribution is -2.30. The summed E-state index contributed by atoms with van der Waals surface area (Å²) in [4.78, 5) is 3.93. The van der Waals surface area contributed by atoms with Gasteiger partial charge in [0.25, 0.3) is 0 Å². The summed E-state index contributed by atoms with van der Waals surface area (Å²) in [6.07, 6.45) is 2.82. The van der Waals surface area contributed by atoms with Crippen LogP contribution in [0, 0.1) is 5.82 Å². The summed E-state index contributed by atoms with van der Waals surface area (Å²) in [6, 6.07) is 13.4. The number of rotatable bonds is 4. The van der Waals surface area contributed by atoms with Crippen LogP contribution in [0.1, 0.15) is 22.8 Å². The van der Waals surface area contributed by atoms with Crippen LogP contribution in [0.5, 0.6) is 5.75 Å². The maximum Gasteiger partial charge on any atom is 0.142 e. The quantitative estimate of drug-likeness (QED) is 0.511. The lowest BCUT2D eigenvalue weighted by atomic mass is 9.96. The predicted molar refractivity (Wildman–Crippen MR) is 110 cm³/mol. The average molecular weight is 421 g/mol. The second-order valence-corrected chi connectivity index (χ2v) is 8.28. The van der Waals surface area contributed by atoms with Crippen molar-refractivity contribution in [3.63, 3.8) is 0 Å². The zero-order valence-electron chi connectivity index (χ0n) is 14.3. The van der Waals surface area contributed by atoms with E-state index in [1.54, 1.807) is 13.3 Å². The highest BCUT2D eigenvalue weighted by molar-refractivity contribution is 7.38. The Morgan fingerprint density at radius 3 is 2.52 bits per heavy atom. The van der Waals surface area contributed by atoms with Crippen LogP contribution in [0.4, 0.5) is 4.39 Å². The fourth-order valence-corrected chi connectivity index (χ4v) is 4.72. The first-order valence-electron chi connectivity index (χ1n) is 8.31. The molecule has 27 heavy (non-hydrogen) atoms. The summed E-state index contributed by atoms with van der Waals surface area (Å²) in [5, 5.41) is 4.58. The zero-order chi connectivity index (χ0) is 19.0. The Balaban J connectivity index is 1.65. The average Bonchev–Trinajstić information content (AvgIpc) is 2.64. The summed E-state index contributed by atoms with van der Waals surface area (Å²) >= 11 is 12.2. The molecular formula is C20H16Cl2FN2OP. The Hall–Kier alpha value is -1.71. The maximum absolute atomic E-state index is 13.5. The van der Waals surface area contributed by atoms with E-state index in [2.05, 4.69) is 16.1 Å². The van der Waals surface area contributed by atoms with E-state index in [4.69, 9.17) is 27.9 Å². The highest BCUT2D eigenvalue weighted by atomic mass is 35.5. The molecule has 1 fully saturated rings. The summed E-state index contributed by atoms with van der Waals surface area (Å²) in [7, 11) is 2.21. The third-order valence-corrected chi connectivity index (χ3v) is 6.83. The molecule has 2 heterocycles. The van der Waals surface area contributed by atoms with Gasteiger partial charge in [-0.3, -0.25) is 10.1 Å². The molecule has 4 rings (SSSR count). The number of ether oxygens (including phenoxy) is 1. The van der Waals surface area contributed by atoms with Crippen molar-refractivity contribution in [3.05, 3.63) is 81.8 Å². The first-order chi connectivity index (χ1) is 13.1. The first-order valence-corrected chi connectivity index (χ1v) is 10.1. The zero-order valence-corrected chi connectivity index (χ0v) is 16.9. The summed E-state index contributed by atoms with van der Waals surface area (Å²) in [6.45, 7) is 0. The minimum atomic E-state index is -0.372. The Morgan fingerprint density at radius 2 is 1.85 bits per heavy atom. The third kappa shape index (κ3) is 3.68. The van der Waals surface area contributed by atoms with E-state index in [9.17, 15) is 4.39 Å². The molecule has 3 aromatic rings. The second-order valence-electron chi connectivity index (χ2n) is 6.27. The van der Waals surface area contributed by atoms with Gasteiger partial charge in [0.1, 0.15) is 11.6 Å². The fourth-order valence-electron chi connectivity index (χ4n) is 3.21. The number of hydrogen-bond donors (Lipinski definition) is 1. The van der Waals surface area contributed by atoms with E-state index < -0.39 is 0 Å². The van der Waals surface area contributed by atoms with Crippen molar-refractivity contribution in [2.45, 2.75) is 11.7 Å². The van der Waals surface area contributed by atoms with Crippen LogP contribution in [0.15, 0.2) is 54.9 Å². The number of nitrogens with one attached hydrogen (secondary N) is 1. The number of hydrogen-bond acceptors (Lipinski definition) is 3. The molecular weight excluding hydrogens is 405 g/mol. The molecule has 3 unspecified atom stereocenters. The lowest BCUT2D eigenvalue weighted by Gasteiger charge is -2.39. The molecule has 1 N–H and O–H groups in total. The van der Waals surface area contributed by atoms with Gasteiger partial charge in [0.2, 0.25) is 0 Å². The highest BCUT2D eigenvalue weighted by Gasteiger charge is 2.33. The number of benzene rings is 2. The van der Waals surface area contributed by atoms with Gasteiger partial charge in [0.15, 0.2) is 0 Å². The molecule has 1 saturated heterocycles. The summed E-state index contributed by atoms with van der Waals surface area (Å²) < 4.78 is 19.1. The van der Waals surface area contributed by atoms with Crippen molar-refractivity contribution in [1.29, 1.82) is 0 Å². The van der Waals surface area contributed by atoms with Crippen LogP contribution in [0.25, 0.3) is 11.1 Å². The lowest BCUT2D eigenvalue weighted by molar-refractivity contribution is 0.415. The van der Waals surface area contributed by atoms with Gasteiger partial charge in [-0.05, 0) is 44.1 Å². The van der Waals surface area contributed by atoms with Gasteiger partial charge in [-0.2, -0.15) is 0 Å². The standard InChI is InChI=1S/C20H16Cl2FN2OP/c1-26-18-8-12(2-4-15(18)13-6-14(23)10-24-9-13)20-19(25-27-20)11-3-5-16(21)17(22)7-11/h2-10,19-20,25,27H,1H3. The van der Waals surface area contributed by atoms with Gasteiger partial charge in [0.05, 0.1) is 23.4 Å². The molecule has 0 radical (unpaired) electrons. The molecule has 1 aromatic heterocycles. The van der Waals surface area contributed by atoms with E-state index in [0.717, 1.165) is 16.7 Å². The normalized spacial score (nSPS) is 19.7. The third-order valence-electron chi connectivity index (χ3n) is 4.63. The van der Waals surface area contributed by atoms with Crippen molar-refractivity contribution in [2.75, 3.05) is 7.11 Å². The van der Waals surface area contributed by atoms with E-state index >= 15 is 0 Å². The van der Waals surface area contributed by atoms with Crippen molar-refractivity contribution >= 4 is 31.9 Å². The number of halogens is 3. The Morgan fingerprint density at radius 1 is 1.04 bits per heavy atom. The van der Waals surface area contributed by atoms with Crippen molar-refractivity contribution in [3.8, 4) is 16.9 Å². The molecule has 0 aliphatic carbocycles. The molecule has 0 bridgehead atoms. The molecule has 1 aliphatic rings. The van der Waals surface area contributed by atoms with Crippen LogP contribution in [-0.2, 0) is 0 Å². The minimum absolute atomic E-state index is 0.171. The number of pyridine rings is 1. The van der Waals surface area contributed by atoms with Crippen LogP contribution in [-0.4, -0.2) is 12.1 Å². The van der Waals surface area contributed by atoms with Crippen LogP contribution in [0.3, 0.4) is 0 Å². The van der Waals surface area contributed by atoms with Gasteiger partial charge < -0.3 is 4.74 Å². The Bertz CT molecular complexity index is 1000. The van der Waals surface area contributed by atoms with E-state index in [1.807, 2.05) is 30.3 Å². The molecule has 0 saturated carbocycles. The van der Waals surface area contributed by atoms with Gasteiger partial charge in [-0.25, -0.2) is 4.39 Å². The van der Waals surface area contributed by atoms with Crippen LogP contribution in [0.2, 0.25) is 10.0 Å². The minimum Gasteiger partial charge on any atom is -0.496 e. The van der Waals surface area contributed by atoms with Crippen molar-refractivity contribution in [1.82, 2.24) is 10.1 Å². The number of nitrogens with zero attached hydrogens (tertiary/aromatic N) is 1. The van der Waals surface area contributed by atoms with Crippen LogP contribution < -0.4 is 9.82 Å². The predicted octanol–water partition coefficient (Wildman–Crippen LogP) is 6.18. The van der Waals surface area contributed by atoms with Gasteiger partial charge in [0, 0.05) is 29.0 Å². The Labute approximate surface area is 168 Å². The molecule has 2 aromatic carbocycles. The Kier molecular flexibility index (Phi) is 5.34. The van der Waals surface area contributed by atoms with Crippen molar-refractivity contribution < 1.29 is 9.13 Å². The molecule has 3 nitrogen and oxygen atoms in total. The summed E-state index contributed by atoms with van der Waals surface area (Å²) in [5.74, 6) is 0.326. The maximum atomic E-state index is 13.5. The molecule has 1 aliphatic heterocycles. The molecule has 138 valence electrons. The van der Waals surface area contributed by atoms with E-state index in [0.29, 0.717) is 35.7 Å². The molecule has 0 spiro atoms. The fraction of sp³-hybridized carbons (Fsp3) is 0.150. The number of aromatic nitrogens is 1. The molecule has 3 atom stereocenters. The van der Waals surface area contributed by atoms with Crippen molar-refractivity contribution in [2.24, 2.45) is 0 Å². The molecule has 7 heteroatoms. The second kappa shape index (κ2) is 7.73. The smallest absolute Gasteiger partial charge is 0.142 e. The summed E-state index contributed by atoms with van der Waals surface area (Å²) in [5.41, 5.74) is 4.08. The highest BCUT2D eigenvalue weighted by Crippen LogP contribution is 2.54. The van der Waals surface area contributed by atoms with Gasteiger partial charge in [-0.15, -0.1) is 0 Å². The monoisotopic (exact) mass is 420 g/mol. The number of methoxy groups -OCH3 is 1. The van der Waals surface area contributed by atoms with Crippen LogP contribution >= 0.6 is 31.9 Å². The largest absolute Gasteiger partial charge is 0.496 e. The van der Waals surface area contributed by atoms with E-state index in [-0.39, 0.29) is 11.9 Å². The molecule has 0 amide bonds. The van der Waals surface area contributed by atoms with E-state index in [1.165, 1.54) is 12.3 Å². The SMILES string of the molecule is COc1cc(C2PNC2c2ccc(Cl)c(Cl)c2)ccc1-c1cncc(F)c1. The van der Waals surface area contributed by atoms with Gasteiger partial charge >= 0.3 is 0 Å². The van der Waals surface area contributed by atoms with Gasteiger partial charge in [-0.1, -0.05) is 41.4 Å². The topological polar surface area (TPSA) is 34.1 Å².